The summed E-state index contributed by atoms with van der Waals surface area (Å²) in [5.74, 6) is -1.41. The third kappa shape index (κ3) is 4.53. The van der Waals surface area contributed by atoms with E-state index in [4.69, 9.17) is 9.84 Å². The molecule has 1 amide bonds. The molecule has 1 aliphatic rings. The van der Waals surface area contributed by atoms with Gasteiger partial charge < -0.3 is 14.7 Å². The molecule has 1 N–H and O–H groups in total. The van der Waals surface area contributed by atoms with Crippen LogP contribution in [0.25, 0.3) is 0 Å². The average molecular weight is 309 g/mol. The van der Waals surface area contributed by atoms with Gasteiger partial charge in [-0.05, 0) is 23.6 Å². The van der Waals surface area contributed by atoms with Crippen LogP contribution in [0.1, 0.15) is 31.2 Å². The maximum atomic E-state index is 13.2. The van der Waals surface area contributed by atoms with Gasteiger partial charge >= 0.3 is 5.97 Å². The van der Waals surface area contributed by atoms with Crippen LogP contribution >= 0.6 is 0 Å². The molecule has 0 unspecified atom stereocenters. The molecule has 0 radical (unpaired) electrons. The molecule has 2 rings (SSSR count). The second kappa shape index (κ2) is 7.35. The lowest BCUT2D eigenvalue weighted by atomic mass is 9.97. The Hall–Kier alpha value is -1.95. The molecule has 0 saturated carbocycles. The van der Waals surface area contributed by atoms with Crippen LogP contribution in [0.5, 0.6) is 0 Å². The van der Waals surface area contributed by atoms with Crippen molar-refractivity contribution in [2.24, 2.45) is 0 Å². The number of amides is 1. The third-order valence-corrected chi connectivity index (χ3v) is 3.79. The minimum atomic E-state index is -0.938. The highest BCUT2D eigenvalue weighted by molar-refractivity contribution is 5.77. The fourth-order valence-corrected chi connectivity index (χ4v) is 2.59. The van der Waals surface area contributed by atoms with Crippen molar-refractivity contribution in [2.75, 3.05) is 19.7 Å². The van der Waals surface area contributed by atoms with Crippen LogP contribution in [-0.4, -0.2) is 47.7 Å². The summed E-state index contributed by atoms with van der Waals surface area (Å²) in [6.45, 7) is 2.98. The van der Waals surface area contributed by atoms with E-state index in [2.05, 4.69) is 0 Å². The van der Waals surface area contributed by atoms with E-state index in [0.29, 0.717) is 19.7 Å². The van der Waals surface area contributed by atoms with Crippen molar-refractivity contribution in [3.8, 4) is 0 Å². The SMILES string of the molecule is C[C@@H](CC(=O)N1CCO[C@@H](CC(=O)O)C1)c1cccc(F)c1. The second-order valence-corrected chi connectivity index (χ2v) is 5.59. The number of ether oxygens (including phenoxy) is 1. The van der Waals surface area contributed by atoms with E-state index in [0.717, 1.165) is 5.56 Å². The van der Waals surface area contributed by atoms with Crippen LogP contribution in [0.4, 0.5) is 4.39 Å². The molecule has 1 fully saturated rings. The first-order chi connectivity index (χ1) is 10.5. The van der Waals surface area contributed by atoms with E-state index in [1.54, 1.807) is 17.0 Å². The molecule has 120 valence electrons. The lowest BCUT2D eigenvalue weighted by molar-refractivity contribution is -0.147. The normalized spacial score (nSPS) is 19.7. The number of morpholine rings is 1. The molecule has 22 heavy (non-hydrogen) atoms. The predicted octanol–water partition coefficient (Wildman–Crippen LogP) is 2.02. The number of carboxylic acid groups (broad SMARTS) is 1. The predicted molar refractivity (Wildman–Crippen MR) is 78.0 cm³/mol. The summed E-state index contributed by atoms with van der Waals surface area (Å²) in [4.78, 5) is 24.7. The van der Waals surface area contributed by atoms with Crippen molar-refractivity contribution < 1.29 is 23.8 Å². The molecular weight excluding hydrogens is 289 g/mol. The Morgan fingerprint density at radius 3 is 2.95 bits per heavy atom. The van der Waals surface area contributed by atoms with Crippen molar-refractivity contribution in [2.45, 2.75) is 31.8 Å². The van der Waals surface area contributed by atoms with Gasteiger partial charge in [-0.3, -0.25) is 9.59 Å². The van der Waals surface area contributed by atoms with Gasteiger partial charge in [-0.2, -0.15) is 0 Å². The number of benzene rings is 1. The monoisotopic (exact) mass is 309 g/mol. The first kappa shape index (κ1) is 16.4. The minimum Gasteiger partial charge on any atom is -0.481 e. The Balaban J connectivity index is 1.92. The molecule has 5 nitrogen and oxygen atoms in total. The molecule has 0 aliphatic carbocycles. The molecule has 0 spiro atoms. The van der Waals surface area contributed by atoms with Crippen LogP contribution in [0.3, 0.4) is 0 Å². The summed E-state index contributed by atoms with van der Waals surface area (Å²) >= 11 is 0. The maximum absolute atomic E-state index is 13.2. The van der Waals surface area contributed by atoms with Crippen LogP contribution < -0.4 is 0 Å². The van der Waals surface area contributed by atoms with E-state index >= 15 is 0 Å². The summed E-state index contributed by atoms with van der Waals surface area (Å²) in [6, 6.07) is 6.23. The van der Waals surface area contributed by atoms with Crippen molar-refractivity contribution in [3.05, 3.63) is 35.6 Å². The Kier molecular flexibility index (Phi) is 5.49. The third-order valence-electron chi connectivity index (χ3n) is 3.79. The summed E-state index contributed by atoms with van der Waals surface area (Å²) in [5.41, 5.74) is 0.781. The van der Waals surface area contributed by atoms with Crippen LogP contribution in [-0.2, 0) is 14.3 Å². The van der Waals surface area contributed by atoms with Gasteiger partial charge in [0, 0.05) is 19.5 Å². The summed E-state index contributed by atoms with van der Waals surface area (Å²) in [6.07, 6.45) is -0.299. The van der Waals surface area contributed by atoms with E-state index in [1.165, 1.54) is 12.1 Å². The van der Waals surface area contributed by atoms with Gasteiger partial charge in [0.2, 0.25) is 5.91 Å². The van der Waals surface area contributed by atoms with Gasteiger partial charge in [0.15, 0.2) is 0 Å². The molecule has 0 aromatic heterocycles. The number of hydrogen-bond acceptors (Lipinski definition) is 3. The Labute approximate surface area is 128 Å². The van der Waals surface area contributed by atoms with Crippen molar-refractivity contribution in [1.29, 1.82) is 0 Å². The molecule has 0 bridgehead atoms. The minimum absolute atomic E-state index is 0.0598. The van der Waals surface area contributed by atoms with Gasteiger partial charge in [-0.15, -0.1) is 0 Å². The van der Waals surface area contributed by atoms with Crippen molar-refractivity contribution >= 4 is 11.9 Å². The zero-order chi connectivity index (χ0) is 16.1. The average Bonchev–Trinajstić information content (AvgIpc) is 2.46. The lowest BCUT2D eigenvalue weighted by Crippen LogP contribution is -2.46. The summed E-state index contributed by atoms with van der Waals surface area (Å²) < 4.78 is 18.6. The number of carbonyl (C=O) groups is 2. The largest absolute Gasteiger partial charge is 0.481 e. The molecule has 1 aliphatic heterocycles. The van der Waals surface area contributed by atoms with Gasteiger partial charge in [0.1, 0.15) is 5.82 Å². The number of rotatable bonds is 5. The number of nitrogens with zero attached hydrogens (tertiary/aromatic N) is 1. The van der Waals surface area contributed by atoms with Gasteiger partial charge in [-0.1, -0.05) is 19.1 Å². The number of carboxylic acids is 1. The molecule has 6 heteroatoms. The molecule has 1 saturated heterocycles. The Morgan fingerprint density at radius 2 is 2.27 bits per heavy atom. The van der Waals surface area contributed by atoms with Gasteiger partial charge in [-0.25, -0.2) is 4.39 Å². The van der Waals surface area contributed by atoms with E-state index in [-0.39, 0.29) is 30.5 Å². The number of carbonyl (C=O) groups excluding carboxylic acids is 1. The molecule has 1 aromatic rings. The first-order valence-corrected chi connectivity index (χ1v) is 7.32. The Bertz CT molecular complexity index is 549. The van der Waals surface area contributed by atoms with E-state index in [9.17, 15) is 14.0 Å². The van der Waals surface area contributed by atoms with Gasteiger partial charge in [0.05, 0.1) is 19.1 Å². The smallest absolute Gasteiger partial charge is 0.306 e. The number of halogens is 1. The van der Waals surface area contributed by atoms with Gasteiger partial charge in [0.25, 0.3) is 0 Å². The molecule has 1 heterocycles. The fourth-order valence-electron chi connectivity index (χ4n) is 2.59. The van der Waals surface area contributed by atoms with Crippen LogP contribution in [0.2, 0.25) is 0 Å². The highest BCUT2D eigenvalue weighted by Crippen LogP contribution is 2.21. The molecule has 1 aromatic carbocycles. The fraction of sp³-hybridized carbons (Fsp3) is 0.500. The molecular formula is C16H20FNO4. The van der Waals surface area contributed by atoms with Crippen molar-refractivity contribution in [3.63, 3.8) is 0 Å². The lowest BCUT2D eigenvalue weighted by Gasteiger charge is -2.33. The maximum Gasteiger partial charge on any atom is 0.306 e. The molecule has 2 atom stereocenters. The standard InChI is InChI=1S/C16H20FNO4/c1-11(12-3-2-4-13(17)8-12)7-15(19)18-5-6-22-14(10-18)9-16(20)21/h2-4,8,11,14H,5-7,9-10H2,1H3,(H,20,21)/t11-,14-/m0/s1. The highest BCUT2D eigenvalue weighted by atomic mass is 19.1. The Morgan fingerprint density at radius 1 is 1.50 bits per heavy atom. The number of aliphatic carboxylic acids is 1. The second-order valence-electron chi connectivity index (χ2n) is 5.59. The van der Waals surface area contributed by atoms with E-state index < -0.39 is 12.1 Å². The topological polar surface area (TPSA) is 66.8 Å². The zero-order valence-corrected chi connectivity index (χ0v) is 12.5. The van der Waals surface area contributed by atoms with Crippen LogP contribution in [0, 0.1) is 5.82 Å². The summed E-state index contributed by atoms with van der Waals surface area (Å²) in [5, 5.41) is 8.79. The summed E-state index contributed by atoms with van der Waals surface area (Å²) in [7, 11) is 0. The highest BCUT2D eigenvalue weighted by Gasteiger charge is 2.26. The van der Waals surface area contributed by atoms with Crippen LogP contribution in [0.15, 0.2) is 24.3 Å². The zero-order valence-electron chi connectivity index (χ0n) is 12.5. The first-order valence-electron chi connectivity index (χ1n) is 7.32. The van der Waals surface area contributed by atoms with E-state index in [1.807, 2.05) is 6.92 Å². The van der Waals surface area contributed by atoms with Crippen molar-refractivity contribution in [1.82, 2.24) is 4.90 Å². The number of hydrogen-bond donors (Lipinski definition) is 1. The quantitative estimate of drug-likeness (QED) is 0.903.